The molecular weight excluding hydrogens is 430 g/mol. The Morgan fingerprint density at radius 2 is 1.69 bits per heavy atom. The fourth-order valence-electron chi connectivity index (χ4n) is 3.21. The first-order valence-corrected chi connectivity index (χ1v) is 12.0. The molecule has 8 nitrogen and oxygen atoms in total. The third-order valence-electron chi connectivity index (χ3n) is 5.38. The lowest BCUT2D eigenvalue weighted by atomic mass is 10.1. The molecule has 0 heterocycles. The van der Waals surface area contributed by atoms with Gasteiger partial charge in [0.2, 0.25) is 21.8 Å². The standard InChI is InChI=1S/C23H31N3O5S/c1-16-7-10-20(13-17(16)2)26(32(6,29)30)15-22(27)25(18(3)23(28)24-4)14-19-8-11-21(31-5)12-9-19/h7-13,18H,14-15H2,1-6H3,(H,24,28)/t18-/m1/s1. The number of benzene rings is 2. The summed E-state index contributed by atoms with van der Waals surface area (Å²) < 4.78 is 31.3. The summed E-state index contributed by atoms with van der Waals surface area (Å²) in [6.45, 7) is 5.14. The van der Waals surface area contributed by atoms with Crippen LogP contribution < -0.4 is 14.4 Å². The van der Waals surface area contributed by atoms with Crippen molar-refractivity contribution in [1.82, 2.24) is 10.2 Å². The van der Waals surface area contributed by atoms with Gasteiger partial charge < -0.3 is 15.0 Å². The topological polar surface area (TPSA) is 96.0 Å². The Morgan fingerprint density at radius 1 is 1.06 bits per heavy atom. The van der Waals surface area contributed by atoms with Crippen LogP contribution in [0.1, 0.15) is 23.6 Å². The van der Waals surface area contributed by atoms with E-state index in [2.05, 4.69) is 5.32 Å². The molecule has 174 valence electrons. The van der Waals surface area contributed by atoms with E-state index < -0.39 is 28.5 Å². The van der Waals surface area contributed by atoms with Crippen LogP contribution in [0.4, 0.5) is 5.69 Å². The monoisotopic (exact) mass is 461 g/mol. The first kappa shape index (κ1) is 25.2. The maximum atomic E-state index is 13.3. The zero-order valence-electron chi connectivity index (χ0n) is 19.4. The summed E-state index contributed by atoms with van der Waals surface area (Å²) in [5.74, 6) is -0.159. The molecule has 9 heteroatoms. The zero-order chi connectivity index (χ0) is 24.1. The Morgan fingerprint density at radius 3 is 2.19 bits per heavy atom. The number of likely N-dealkylation sites (N-methyl/N-ethyl adjacent to an activating group) is 1. The van der Waals surface area contributed by atoms with Crippen LogP contribution in [-0.4, -0.2) is 58.1 Å². The van der Waals surface area contributed by atoms with Crippen molar-refractivity contribution in [3.63, 3.8) is 0 Å². The maximum Gasteiger partial charge on any atom is 0.244 e. The number of carbonyl (C=O) groups excluding carboxylic acids is 2. The van der Waals surface area contributed by atoms with Crippen molar-refractivity contribution in [2.45, 2.75) is 33.4 Å². The van der Waals surface area contributed by atoms with E-state index in [4.69, 9.17) is 4.74 Å². The molecule has 1 atom stereocenters. The fraction of sp³-hybridized carbons (Fsp3) is 0.391. The van der Waals surface area contributed by atoms with E-state index in [1.165, 1.54) is 11.9 Å². The van der Waals surface area contributed by atoms with Gasteiger partial charge in [0.15, 0.2) is 0 Å². The molecule has 0 aromatic heterocycles. The lowest BCUT2D eigenvalue weighted by Gasteiger charge is -2.31. The molecule has 32 heavy (non-hydrogen) atoms. The Balaban J connectivity index is 2.38. The van der Waals surface area contributed by atoms with Gasteiger partial charge in [-0.15, -0.1) is 0 Å². The van der Waals surface area contributed by atoms with Crippen molar-refractivity contribution in [2.75, 3.05) is 31.3 Å². The SMILES string of the molecule is CNC(=O)[C@@H](C)N(Cc1ccc(OC)cc1)C(=O)CN(c1ccc(C)c(C)c1)S(C)(=O)=O. The van der Waals surface area contributed by atoms with Gasteiger partial charge in [0, 0.05) is 13.6 Å². The number of anilines is 1. The summed E-state index contributed by atoms with van der Waals surface area (Å²) in [5.41, 5.74) is 3.12. The van der Waals surface area contributed by atoms with Gasteiger partial charge >= 0.3 is 0 Å². The molecule has 0 spiro atoms. The lowest BCUT2D eigenvalue weighted by Crippen LogP contribution is -2.50. The number of nitrogens with zero attached hydrogens (tertiary/aromatic N) is 2. The summed E-state index contributed by atoms with van der Waals surface area (Å²) in [4.78, 5) is 27.0. The number of ether oxygens (including phenoxy) is 1. The summed E-state index contributed by atoms with van der Waals surface area (Å²) in [7, 11) is -0.687. The Labute approximate surface area is 190 Å². The average Bonchev–Trinajstić information content (AvgIpc) is 2.76. The number of hydrogen-bond acceptors (Lipinski definition) is 5. The molecule has 2 rings (SSSR count). The van der Waals surface area contributed by atoms with Crippen LogP contribution in [-0.2, 0) is 26.2 Å². The predicted molar refractivity (Wildman–Crippen MR) is 125 cm³/mol. The third-order valence-corrected chi connectivity index (χ3v) is 6.52. The van der Waals surface area contributed by atoms with Gasteiger partial charge in [0.1, 0.15) is 18.3 Å². The molecule has 2 amide bonds. The minimum Gasteiger partial charge on any atom is -0.497 e. The van der Waals surface area contributed by atoms with Crippen LogP contribution in [0.25, 0.3) is 0 Å². The fourth-order valence-corrected chi connectivity index (χ4v) is 4.06. The second-order valence-electron chi connectivity index (χ2n) is 7.70. The first-order valence-electron chi connectivity index (χ1n) is 10.2. The largest absolute Gasteiger partial charge is 0.497 e. The summed E-state index contributed by atoms with van der Waals surface area (Å²) in [6, 6.07) is 11.6. The molecule has 2 aromatic rings. The molecule has 0 bridgehead atoms. The number of hydrogen-bond donors (Lipinski definition) is 1. The second kappa shape index (κ2) is 10.5. The van der Waals surface area contributed by atoms with Crippen LogP contribution in [0.2, 0.25) is 0 Å². The van der Waals surface area contributed by atoms with Crippen molar-refractivity contribution in [3.8, 4) is 5.75 Å². The molecule has 0 saturated carbocycles. The predicted octanol–water partition coefficient (Wildman–Crippen LogP) is 2.24. The molecule has 1 N–H and O–H groups in total. The van der Waals surface area contributed by atoms with Crippen LogP contribution in [0.15, 0.2) is 42.5 Å². The maximum absolute atomic E-state index is 13.3. The van der Waals surface area contributed by atoms with Gasteiger partial charge in [-0.25, -0.2) is 8.42 Å². The van der Waals surface area contributed by atoms with Crippen molar-refractivity contribution in [1.29, 1.82) is 0 Å². The molecule has 2 aromatic carbocycles. The Kier molecular flexibility index (Phi) is 8.26. The lowest BCUT2D eigenvalue weighted by molar-refractivity contribution is -0.139. The summed E-state index contributed by atoms with van der Waals surface area (Å²) in [5, 5.41) is 2.55. The molecule has 0 saturated heterocycles. The second-order valence-corrected chi connectivity index (χ2v) is 9.60. The van der Waals surface area contributed by atoms with Crippen LogP contribution in [0, 0.1) is 13.8 Å². The Hall–Kier alpha value is -3.07. The summed E-state index contributed by atoms with van der Waals surface area (Å²) in [6.07, 6.45) is 1.06. The average molecular weight is 462 g/mol. The van der Waals surface area contributed by atoms with E-state index in [-0.39, 0.29) is 12.5 Å². The van der Waals surface area contributed by atoms with E-state index in [0.717, 1.165) is 27.3 Å². The van der Waals surface area contributed by atoms with E-state index in [0.29, 0.717) is 11.4 Å². The van der Waals surface area contributed by atoms with Crippen molar-refractivity contribution in [3.05, 3.63) is 59.2 Å². The highest BCUT2D eigenvalue weighted by Gasteiger charge is 2.29. The van der Waals surface area contributed by atoms with Gasteiger partial charge in [-0.2, -0.15) is 0 Å². The number of nitrogens with one attached hydrogen (secondary N) is 1. The highest BCUT2D eigenvalue weighted by atomic mass is 32.2. The number of carbonyl (C=O) groups is 2. The minimum absolute atomic E-state index is 0.141. The first-order chi connectivity index (χ1) is 15.0. The number of amides is 2. The smallest absolute Gasteiger partial charge is 0.244 e. The van der Waals surface area contributed by atoms with Gasteiger partial charge in [-0.05, 0) is 61.7 Å². The van der Waals surface area contributed by atoms with Gasteiger partial charge in [-0.1, -0.05) is 18.2 Å². The zero-order valence-corrected chi connectivity index (χ0v) is 20.2. The number of rotatable bonds is 9. The highest BCUT2D eigenvalue weighted by Crippen LogP contribution is 2.22. The third kappa shape index (κ3) is 6.23. The highest BCUT2D eigenvalue weighted by molar-refractivity contribution is 7.92. The Bertz CT molecular complexity index is 1070. The van der Waals surface area contributed by atoms with Gasteiger partial charge in [0.25, 0.3) is 0 Å². The van der Waals surface area contributed by atoms with Gasteiger partial charge in [-0.3, -0.25) is 13.9 Å². The quantitative estimate of drug-likeness (QED) is 0.618. The molecule has 0 unspecified atom stereocenters. The number of methoxy groups -OCH3 is 1. The van der Waals surface area contributed by atoms with E-state index in [1.807, 2.05) is 19.9 Å². The molecular formula is C23H31N3O5S. The minimum atomic E-state index is -3.74. The van der Waals surface area contributed by atoms with E-state index in [9.17, 15) is 18.0 Å². The van der Waals surface area contributed by atoms with Crippen molar-refractivity contribution >= 4 is 27.5 Å². The molecule has 0 fully saturated rings. The van der Waals surface area contributed by atoms with Crippen molar-refractivity contribution in [2.24, 2.45) is 0 Å². The molecule has 0 aliphatic carbocycles. The normalized spacial score (nSPS) is 12.1. The molecule has 0 radical (unpaired) electrons. The van der Waals surface area contributed by atoms with Gasteiger partial charge in [0.05, 0.1) is 19.1 Å². The van der Waals surface area contributed by atoms with E-state index >= 15 is 0 Å². The van der Waals surface area contributed by atoms with E-state index in [1.54, 1.807) is 50.4 Å². The van der Waals surface area contributed by atoms with Crippen LogP contribution in [0.5, 0.6) is 5.75 Å². The molecule has 0 aliphatic rings. The number of sulfonamides is 1. The van der Waals surface area contributed by atoms with Crippen molar-refractivity contribution < 1.29 is 22.7 Å². The van der Waals surface area contributed by atoms with Crippen LogP contribution in [0.3, 0.4) is 0 Å². The van der Waals surface area contributed by atoms with Crippen LogP contribution >= 0.6 is 0 Å². The number of aryl methyl sites for hydroxylation is 2. The summed E-state index contributed by atoms with van der Waals surface area (Å²) >= 11 is 0. The molecule has 0 aliphatic heterocycles.